The molecule has 3 rings (SSSR count). The van der Waals surface area contributed by atoms with E-state index in [9.17, 15) is 9.59 Å². The summed E-state index contributed by atoms with van der Waals surface area (Å²) >= 11 is 0. The van der Waals surface area contributed by atoms with E-state index in [0.29, 0.717) is 5.56 Å². The fourth-order valence-electron chi connectivity index (χ4n) is 4.20. The highest BCUT2D eigenvalue weighted by molar-refractivity contribution is 5.96. The monoisotopic (exact) mass is 465 g/mol. The predicted octanol–water partition coefficient (Wildman–Crippen LogP) is 6.15. The Morgan fingerprint density at radius 3 is 2.44 bits per heavy atom. The lowest BCUT2D eigenvalue weighted by molar-refractivity contribution is -0.114. The van der Waals surface area contributed by atoms with Gasteiger partial charge in [0.25, 0.3) is 5.91 Å². The van der Waals surface area contributed by atoms with Crippen molar-refractivity contribution in [2.24, 2.45) is 0 Å². The Morgan fingerprint density at radius 2 is 1.68 bits per heavy atom. The third-order valence-electron chi connectivity index (χ3n) is 6.17. The molecule has 34 heavy (non-hydrogen) atoms. The Labute approximate surface area is 203 Å². The summed E-state index contributed by atoms with van der Waals surface area (Å²) in [6.07, 6.45) is 11.8. The van der Waals surface area contributed by atoms with Gasteiger partial charge < -0.3 is 20.7 Å². The minimum atomic E-state index is -0.151. The molecule has 0 aliphatic heterocycles. The molecule has 0 atom stereocenters. The van der Waals surface area contributed by atoms with Crippen molar-refractivity contribution in [3.8, 4) is 5.75 Å². The second-order valence-electron chi connectivity index (χ2n) is 9.08. The minimum Gasteiger partial charge on any atom is -0.494 e. The SMILES string of the molecule is CCCCCCCOc1ccc(NC(=O)CNc2cccc(C(=O)NC3CCCCC3)c2)cc1. The van der Waals surface area contributed by atoms with Gasteiger partial charge in [-0.25, -0.2) is 0 Å². The van der Waals surface area contributed by atoms with E-state index in [4.69, 9.17) is 4.74 Å². The standard InChI is InChI=1S/C28H39N3O3/c1-2-3-4-5-9-19-34-26-17-15-24(16-18-26)30-27(32)21-29-25-14-10-11-22(20-25)28(33)31-23-12-7-6-8-13-23/h10-11,14-18,20,23,29H,2-9,12-13,19,21H2,1H3,(H,30,32)(H,31,33). The lowest BCUT2D eigenvalue weighted by Crippen LogP contribution is -2.36. The number of hydrogen-bond acceptors (Lipinski definition) is 4. The van der Waals surface area contributed by atoms with Crippen molar-refractivity contribution in [1.29, 1.82) is 0 Å². The van der Waals surface area contributed by atoms with Crippen molar-refractivity contribution >= 4 is 23.2 Å². The van der Waals surface area contributed by atoms with Gasteiger partial charge in [0.15, 0.2) is 0 Å². The number of unbranched alkanes of at least 4 members (excludes halogenated alkanes) is 4. The van der Waals surface area contributed by atoms with Crippen molar-refractivity contribution in [1.82, 2.24) is 5.32 Å². The van der Waals surface area contributed by atoms with Crippen LogP contribution in [0.4, 0.5) is 11.4 Å². The van der Waals surface area contributed by atoms with Gasteiger partial charge in [-0.2, -0.15) is 0 Å². The van der Waals surface area contributed by atoms with Crippen LogP contribution >= 0.6 is 0 Å². The molecule has 0 bridgehead atoms. The maximum absolute atomic E-state index is 12.6. The van der Waals surface area contributed by atoms with Gasteiger partial charge >= 0.3 is 0 Å². The van der Waals surface area contributed by atoms with E-state index in [0.717, 1.165) is 43.0 Å². The van der Waals surface area contributed by atoms with Crippen molar-refractivity contribution in [2.75, 3.05) is 23.8 Å². The van der Waals surface area contributed by atoms with Crippen LogP contribution in [-0.4, -0.2) is 31.0 Å². The normalized spacial score (nSPS) is 13.8. The maximum atomic E-state index is 12.6. The molecule has 3 N–H and O–H groups in total. The summed E-state index contributed by atoms with van der Waals surface area (Å²) in [6.45, 7) is 3.05. The number of ether oxygens (including phenoxy) is 1. The molecule has 1 fully saturated rings. The van der Waals surface area contributed by atoms with Crippen molar-refractivity contribution in [3.63, 3.8) is 0 Å². The number of carbonyl (C=O) groups is 2. The molecule has 0 saturated heterocycles. The molecule has 6 heteroatoms. The first-order chi connectivity index (χ1) is 16.6. The topological polar surface area (TPSA) is 79.5 Å². The molecule has 1 aliphatic rings. The fraction of sp³-hybridized carbons (Fsp3) is 0.500. The van der Waals surface area contributed by atoms with E-state index in [2.05, 4.69) is 22.9 Å². The molecule has 184 valence electrons. The molecule has 1 saturated carbocycles. The zero-order chi connectivity index (χ0) is 24.0. The Balaban J connectivity index is 1.39. The summed E-state index contributed by atoms with van der Waals surface area (Å²) in [5.41, 5.74) is 2.08. The number of anilines is 2. The van der Waals surface area contributed by atoms with Crippen molar-refractivity contribution < 1.29 is 14.3 Å². The Bertz CT molecular complexity index is 892. The second-order valence-corrected chi connectivity index (χ2v) is 9.08. The van der Waals surface area contributed by atoms with Gasteiger partial charge in [-0.05, 0) is 61.7 Å². The Morgan fingerprint density at radius 1 is 0.912 bits per heavy atom. The van der Waals surface area contributed by atoms with E-state index >= 15 is 0 Å². The van der Waals surface area contributed by atoms with Gasteiger partial charge in [-0.3, -0.25) is 9.59 Å². The first kappa shape index (κ1) is 25.6. The van der Waals surface area contributed by atoms with Crippen LogP contribution in [0.3, 0.4) is 0 Å². The zero-order valence-electron chi connectivity index (χ0n) is 20.4. The molecule has 6 nitrogen and oxygen atoms in total. The number of amides is 2. The molecule has 2 aromatic carbocycles. The number of benzene rings is 2. The van der Waals surface area contributed by atoms with Crippen LogP contribution in [0, 0.1) is 0 Å². The van der Waals surface area contributed by atoms with Crippen LogP contribution < -0.4 is 20.7 Å². The summed E-state index contributed by atoms with van der Waals surface area (Å²) in [4.78, 5) is 24.9. The first-order valence-electron chi connectivity index (χ1n) is 12.8. The third kappa shape index (κ3) is 9.08. The van der Waals surface area contributed by atoms with Crippen LogP contribution in [0.15, 0.2) is 48.5 Å². The van der Waals surface area contributed by atoms with Gasteiger partial charge in [0.05, 0.1) is 13.2 Å². The average Bonchev–Trinajstić information content (AvgIpc) is 2.86. The van der Waals surface area contributed by atoms with E-state index in [1.165, 1.54) is 44.9 Å². The summed E-state index contributed by atoms with van der Waals surface area (Å²) in [5, 5.41) is 9.12. The minimum absolute atomic E-state index is 0.0525. The lowest BCUT2D eigenvalue weighted by atomic mass is 9.95. The quantitative estimate of drug-likeness (QED) is 0.310. The predicted molar refractivity (Wildman–Crippen MR) is 139 cm³/mol. The molecule has 0 heterocycles. The van der Waals surface area contributed by atoms with Gasteiger partial charge in [-0.1, -0.05) is 57.9 Å². The van der Waals surface area contributed by atoms with Crippen LogP contribution in [0.1, 0.15) is 81.5 Å². The summed E-state index contributed by atoms with van der Waals surface area (Å²) < 4.78 is 5.77. The third-order valence-corrected chi connectivity index (χ3v) is 6.17. The fourth-order valence-corrected chi connectivity index (χ4v) is 4.20. The molecule has 0 spiro atoms. The number of hydrogen-bond donors (Lipinski definition) is 3. The van der Waals surface area contributed by atoms with Crippen LogP contribution in [0.25, 0.3) is 0 Å². The van der Waals surface area contributed by atoms with Crippen LogP contribution in [-0.2, 0) is 4.79 Å². The zero-order valence-corrected chi connectivity index (χ0v) is 20.4. The van der Waals surface area contributed by atoms with Crippen LogP contribution in [0.5, 0.6) is 5.75 Å². The second kappa shape index (κ2) is 14.3. The van der Waals surface area contributed by atoms with Crippen molar-refractivity contribution in [3.05, 3.63) is 54.1 Å². The van der Waals surface area contributed by atoms with Gasteiger partial charge in [0.2, 0.25) is 5.91 Å². The highest BCUT2D eigenvalue weighted by Crippen LogP contribution is 2.19. The largest absolute Gasteiger partial charge is 0.494 e. The molecule has 2 amide bonds. The number of carbonyl (C=O) groups excluding carboxylic acids is 2. The lowest BCUT2D eigenvalue weighted by Gasteiger charge is -2.22. The molecular weight excluding hydrogens is 426 g/mol. The number of nitrogens with one attached hydrogen (secondary N) is 3. The summed E-state index contributed by atoms with van der Waals surface area (Å²) in [6, 6.07) is 15.0. The maximum Gasteiger partial charge on any atom is 0.251 e. The van der Waals surface area contributed by atoms with Crippen LogP contribution in [0.2, 0.25) is 0 Å². The highest BCUT2D eigenvalue weighted by Gasteiger charge is 2.16. The summed E-state index contributed by atoms with van der Waals surface area (Å²) in [7, 11) is 0. The molecule has 0 unspecified atom stereocenters. The highest BCUT2D eigenvalue weighted by atomic mass is 16.5. The van der Waals surface area contributed by atoms with E-state index in [-0.39, 0.29) is 24.4 Å². The van der Waals surface area contributed by atoms with E-state index in [1.54, 1.807) is 12.1 Å². The van der Waals surface area contributed by atoms with Gasteiger partial charge in [0.1, 0.15) is 5.75 Å². The first-order valence-corrected chi connectivity index (χ1v) is 12.8. The number of rotatable bonds is 13. The smallest absolute Gasteiger partial charge is 0.251 e. The molecule has 2 aromatic rings. The summed E-state index contributed by atoms with van der Waals surface area (Å²) in [5.74, 6) is 0.611. The Kier molecular flexibility index (Phi) is 10.8. The van der Waals surface area contributed by atoms with E-state index < -0.39 is 0 Å². The molecular formula is C28H39N3O3. The average molecular weight is 466 g/mol. The van der Waals surface area contributed by atoms with Gasteiger partial charge in [0, 0.05) is 23.0 Å². The van der Waals surface area contributed by atoms with Crippen molar-refractivity contribution in [2.45, 2.75) is 77.2 Å². The van der Waals surface area contributed by atoms with Gasteiger partial charge in [-0.15, -0.1) is 0 Å². The Hall–Kier alpha value is -3.02. The van der Waals surface area contributed by atoms with E-state index in [1.807, 2.05) is 36.4 Å². The molecule has 0 radical (unpaired) electrons. The molecule has 0 aromatic heterocycles. The molecule has 1 aliphatic carbocycles.